The summed E-state index contributed by atoms with van der Waals surface area (Å²) in [6.07, 6.45) is 0. The normalized spacial score (nSPS) is 10.7. The van der Waals surface area contributed by atoms with Gasteiger partial charge in [0, 0.05) is 16.7 Å². The van der Waals surface area contributed by atoms with Crippen LogP contribution in [0.15, 0.2) is 63.4 Å². The molecule has 0 aliphatic rings. The Balaban J connectivity index is 0.000000509. The van der Waals surface area contributed by atoms with E-state index in [1.165, 1.54) is 0 Å². The van der Waals surface area contributed by atoms with Crippen molar-refractivity contribution in [1.29, 1.82) is 0 Å². The number of carboxylic acids is 2. The van der Waals surface area contributed by atoms with Crippen molar-refractivity contribution in [2.45, 2.75) is 12.3 Å². The Hall–Kier alpha value is -3.83. The SMILES string of the molecule is CN(C)Cc1cc2cc(-c3nnc(CSCCOc4ccccc4)o3)ccc2o1.O=C(O)C(=O)O. The number of fused-ring (bicyclic) bond motifs is 1. The zero-order valence-corrected chi connectivity index (χ0v) is 20.0. The summed E-state index contributed by atoms with van der Waals surface area (Å²) in [6.45, 7) is 1.40. The zero-order chi connectivity index (χ0) is 25.2. The first kappa shape index (κ1) is 25.8. The molecule has 4 rings (SSSR count). The number of hydrogen-bond acceptors (Lipinski definition) is 9. The molecule has 0 saturated carbocycles. The number of ether oxygens (including phenoxy) is 1. The Bertz CT molecular complexity index is 1240. The number of para-hydroxylation sites is 1. The highest BCUT2D eigenvalue weighted by Gasteiger charge is 2.12. The van der Waals surface area contributed by atoms with Gasteiger partial charge in [-0.2, -0.15) is 0 Å². The summed E-state index contributed by atoms with van der Waals surface area (Å²) in [5.74, 6) is 0.821. The first-order valence-electron chi connectivity index (χ1n) is 10.5. The maximum atomic E-state index is 9.10. The quantitative estimate of drug-likeness (QED) is 0.255. The monoisotopic (exact) mass is 499 g/mol. The van der Waals surface area contributed by atoms with Crippen LogP contribution in [0.5, 0.6) is 5.75 Å². The van der Waals surface area contributed by atoms with Crippen molar-refractivity contribution < 1.29 is 33.4 Å². The Morgan fingerprint density at radius 1 is 1.00 bits per heavy atom. The summed E-state index contributed by atoms with van der Waals surface area (Å²) >= 11 is 1.70. The van der Waals surface area contributed by atoms with Gasteiger partial charge in [0.15, 0.2) is 0 Å². The third kappa shape index (κ3) is 8.16. The van der Waals surface area contributed by atoms with E-state index in [2.05, 4.69) is 21.2 Å². The minimum Gasteiger partial charge on any atom is -0.493 e. The second-order valence-electron chi connectivity index (χ2n) is 7.53. The van der Waals surface area contributed by atoms with Crippen LogP contribution >= 0.6 is 11.8 Å². The van der Waals surface area contributed by atoms with E-state index in [-0.39, 0.29) is 0 Å². The molecule has 0 bridgehead atoms. The lowest BCUT2D eigenvalue weighted by Gasteiger charge is -2.04. The summed E-state index contributed by atoms with van der Waals surface area (Å²) < 4.78 is 17.4. The van der Waals surface area contributed by atoms with Gasteiger partial charge in [0.05, 0.1) is 18.9 Å². The van der Waals surface area contributed by atoms with Crippen molar-refractivity contribution in [3.05, 3.63) is 66.2 Å². The first-order valence-corrected chi connectivity index (χ1v) is 11.7. The molecule has 10 nitrogen and oxygen atoms in total. The van der Waals surface area contributed by atoms with Crippen LogP contribution < -0.4 is 4.74 Å². The number of carboxylic acid groups (broad SMARTS) is 2. The molecule has 11 heteroatoms. The van der Waals surface area contributed by atoms with Crippen LogP contribution in [0.2, 0.25) is 0 Å². The van der Waals surface area contributed by atoms with Crippen LogP contribution in [0.4, 0.5) is 0 Å². The molecule has 0 saturated heterocycles. The topological polar surface area (TPSA) is 139 Å². The summed E-state index contributed by atoms with van der Waals surface area (Å²) in [7, 11) is 4.04. The number of furan rings is 1. The van der Waals surface area contributed by atoms with Crippen LogP contribution in [0, 0.1) is 0 Å². The number of thioether (sulfide) groups is 1. The fourth-order valence-corrected chi connectivity index (χ4v) is 3.58. The van der Waals surface area contributed by atoms with E-state index in [4.69, 9.17) is 33.4 Å². The van der Waals surface area contributed by atoms with E-state index < -0.39 is 11.9 Å². The van der Waals surface area contributed by atoms with Gasteiger partial charge in [0.25, 0.3) is 0 Å². The number of benzene rings is 2. The summed E-state index contributed by atoms with van der Waals surface area (Å²) in [5.41, 5.74) is 1.75. The molecule has 2 aromatic heterocycles. The fraction of sp³-hybridized carbons (Fsp3) is 0.250. The average molecular weight is 500 g/mol. The van der Waals surface area contributed by atoms with E-state index in [0.717, 1.165) is 40.3 Å². The summed E-state index contributed by atoms with van der Waals surface area (Å²) in [5, 5.41) is 24.2. The first-order chi connectivity index (χ1) is 16.8. The Morgan fingerprint density at radius 3 is 2.43 bits per heavy atom. The Morgan fingerprint density at radius 2 is 1.74 bits per heavy atom. The van der Waals surface area contributed by atoms with Crippen molar-refractivity contribution in [2.24, 2.45) is 0 Å². The molecule has 0 aliphatic heterocycles. The van der Waals surface area contributed by atoms with Gasteiger partial charge >= 0.3 is 11.9 Å². The third-order valence-corrected chi connectivity index (χ3v) is 5.31. The van der Waals surface area contributed by atoms with Gasteiger partial charge in [0.1, 0.15) is 17.1 Å². The molecule has 4 aromatic rings. The van der Waals surface area contributed by atoms with Gasteiger partial charge in [-0.05, 0) is 50.5 Å². The molecule has 0 aliphatic carbocycles. The molecule has 0 radical (unpaired) electrons. The van der Waals surface area contributed by atoms with E-state index in [0.29, 0.717) is 24.1 Å². The molecule has 2 N–H and O–H groups in total. The van der Waals surface area contributed by atoms with Crippen LogP contribution in [-0.2, 0) is 21.9 Å². The van der Waals surface area contributed by atoms with E-state index in [1.807, 2.05) is 62.6 Å². The lowest BCUT2D eigenvalue weighted by atomic mass is 10.1. The standard InChI is InChI=1S/C22H23N3O3S.C2H2O4/c1-25(2)14-19-13-17-12-16(8-9-20(17)27-19)22-24-23-21(28-22)15-29-11-10-26-18-6-4-3-5-7-18;3-1(4)2(5)6/h3-9,12-13H,10-11,14-15H2,1-2H3;(H,3,4)(H,5,6). The minimum atomic E-state index is -1.82. The van der Waals surface area contributed by atoms with Gasteiger partial charge < -0.3 is 28.7 Å². The fourth-order valence-electron chi connectivity index (χ4n) is 2.94. The van der Waals surface area contributed by atoms with Crippen molar-refractivity contribution >= 4 is 34.7 Å². The van der Waals surface area contributed by atoms with Crippen molar-refractivity contribution in [2.75, 3.05) is 26.5 Å². The highest BCUT2D eigenvalue weighted by Crippen LogP contribution is 2.27. The Kier molecular flexibility index (Phi) is 9.27. The van der Waals surface area contributed by atoms with Gasteiger partial charge in [-0.15, -0.1) is 22.0 Å². The van der Waals surface area contributed by atoms with E-state index in [9.17, 15) is 0 Å². The lowest BCUT2D eigenvalue weighted by molar-refractivity contribution is -0.159. The molecule has 0 atom stereocenters. The van der Waals surface area contributed by atoms with Crippen LogP contribution in [0.3, 0.4) is 0 Å². The number of aromatic nitrogens is 2. The number of nitrogens with zero attached hydrogens (tertiary/aromatic N) is 3. The highest BCUT2D eigenvalue weighted by atomic mass is 32.2. The third-order valence-electron chi connectivity index (χ3n) is 4.40. The number of aliphatic carboxylic acids is 2. The summed E-state index contributed by atoms with van der Waals surface area (Å²) in [6, 6.07) is 17.8. The van der Waals surface area contributed by atoms with E-state index >= 15 is 0 Å². The van der Waals surface area contributed by atoms with Gasteiger partial charge in [-0.1, -0.05) is 18.2 Å². The molecular weight excluding hydrogens is 474 g/mol. The predicted molar refractivity (Wildman–Crippen MR) is 130 cm³/mol. The van der Waals surface area contributed by atoms with Gasteiger partial charge in [-0.25, -0.2) is 9.59 Å². The largest absolute Gasteiger partial charge is 0.493 e. The van der Waals surface area contributed by atoms with Gasteiger partial charge in [-0.3, -0.25) is 0 Å². The Labute approximate surface area is 205 Å². The van der Waals surface area contributed by atoms with Crippen LogP contribution in [-0.4, -0.2) is 63.7 Å². The molecule has 2 aromatic carbocycles. The lowest BCUT2D eigenvalue weighted by Crippen LogP contribution is -2.09. The van der Waals surface area contributed by atoms with Crippen LogP contribution in [0.25, 0.3) is 22.4 Å². The van der Waals surface area contributed by atoms with E-state index in [1.54, 1.807) is 11.8 Å². The number of hydrogen-bond donors (Lipinski definition) is 2. The second-order valence-corrected chi connectivity index (χ2v) is 8.63. The molecule has 2 heterocycles. The maximum Gasteiger partial charge on any atom is 0.414 e. The maximum absolute atomic E-state index is 9.10. The van der Waals surface area contributed by atoms with Crippen LogP contribution in [0.1, 0.15) is 11.7 Å². The van der Waals surface area contributed by atoms with Crippen molar-refractivity contribution in [3.8, 4) is 17.2 Å². The number of rotatable bonds is 9. The molecular formula is C24H25N3O7S. The molecule has 0 spiro atoms. The zero-order valence-electron chi connectivity index (χ0n) is 19.2. The molecule has 35 heavy (non-hydrogen) atoms. The number of carbonyl (C=O) groups is 2. The molecule has 0 fully saturated rings. The minimum absolute atomic E-state index is 0.526. The average Bonchev–Trinajstić information content (AvgIpc) is 3.45. The predicted octanol–water partition coefficient (Wildman–Crippen LogP) is 4.01. The van der Waals surface area contributed by atoms with Gasteiger partial charge in [0.2, 0.25) is 11.8 Å². The molecule has 0 amide bonds. The van der Waals surface area contributed by atoms with Crippen molar-refractivity contribution in [3.63, 3.8) is 0 Å². The smallest absolute Gasteiger partial charge is 0.414 e. The highest BCUT2D eigenvalue weighted by molar-refractivity contribution is 7.98. The molecule has 0 unspecified atom stereocenters. The summed E-state index contributed by atoms with van der Waals surface area (Å²) in [4.78, 5) is 20.3. The second kappa shape index (κ2) is 12.6. The molecule has 184 valence electrons. The van der Waals surface area contributed by atoms with Crippen molar-refractivity contribution in [1.82, 2.24) is 15.1 Å².